The van der Waals surface area contributed by atoms with Crippen molar-refractivity contribution >= 4 is 11.8 Å². The summed E-state index contributed by atoms with van der Waals surface area (Å²) in [5, 5.41) is 9.04. The number of ether oxygens (including phenoxy) is 1. The average Bonchev–Trinajstić information content (AvgIpc) is 2.27. The molecule has 1 rings (SSSR count). The van der Waals surface area contributed by atoms with Gasteiger partial charge in [-0.05, 0) is 37.3 Å². The zero-order valence-corrected chi connectivity index (χ0v) is 10.8. The molecule has 16 heavy (non-hydrogen) atoms. The molecule has 0 fully saturated rings. The van der Waals surface area contributed by atoms with Gasteiger partial charge in [0.1, 0.15) is 11.8 Å². The van der Waals surface area contributed by atoms with Crippen molar-refractivity contribution < 1.29 is 4.74 Å². The van der Waals surface area contributed by atoms with Gasteiger partial charge in [-0.1, -0.05) is 13.0 Å². The van der Waals surface area contributed by atoms with Gasteiger partial charge < -0.3 is 4.74 Å². The van der Waals surface area contributed by atoms with Gasteiger partial charge in [0.25, 0.3) is 0 Å². The van der Waals surface area contributed by atoms with E-state index in [0.29, 0.717) is 11.3 Å². The van der Waals surface area contributed by atoms with Crippen molar-refractivity contribution in [3.8, 4) is 11.8 Å². The lowest BCUT2D eigenvalue weighted by Gasteiger charge is -2.11. The van der Waals surface area contributed by atoms with Crippen molar-refractivity contribution in [2.75, 3.05) is 5.75 Å². The van der Waals surface area contributed by atoms with Crippen molar-refractivity contribution in [1.29, 1.82) is 5.26 Å². The van der Waals surface area contributed by atoms with Crippen LogP contribution in [0.3, 0.4) is 0 Å². The number of hydrogen-bond acceptors (Lipinski definition) is 3. The molecule has 1 aromatic carbocycles. The molecule has 3 heteroatoms. The molecule has 0 amide bonds. The molecule has 1 aromatic rings. The number of nitriles is 1. The van der Waals surface area contributed by atoms with Crippen LogP contribution in [0.5, 0.6) is 5.75 Å². The van der Waals surface area contributed by atoms with Crippen LogP contribution in [0.2, 0.25) is 0 Å². The predicted octanol–water partition coefficient (Wildman–Crippen LogP) is 3.60. The quantitative estimate of drug-likeness (QED) is 0.781. The average molecular weight is 235 g/mol. The molecule has 0 unspecified atom stereocenters. The van der Waals surface area contributed by atoms with E-state index in [9.17, 15) is 0 Å². The third-order valence-electron chi connectivity index (χ3n) is 2.00. The highest BCUT2D eigenvalue weighted by Crippen LogP contribution is 2.22. The summed E-state index contributed by atoms with van der Waals surface area (Å²) in [7, 11) is 0. The van der Waals surface area contributed by atoms with Crippen LogP contribution in [0.1, 0.15) is 31.9 Å². The third-order valence-corrected chi connectivity index (χ3v) is 2.95. The van der Waals surface area contributed by atoms with Crippen molar-refractivity contribution in [1.82, 2.24) is 0 Å². The Morgan fingerprint density at radius 1 is 1.44 bits per heavy atom. The van der Waals surface area contributed by atoms with Crippen LogP contribution in [0.25, 0.3) is 0 Å². The van der Waals surface area contributed by atoms with Crippen molar-refractivity contribution in [3.05, 3.63) is 29.3 Å². The lowest BCUT2D eigenvalue weighted by molar-refractivity contribution is 0.241. The van der Waals surface area contributed by atoms with Crippen LogP contribution in [-0.4, -0.2) is 11.9 Å². The van der Waals surface area contributed by atoms with Gasteiger partial charge in [-0.3, -0.25) is 0 Å². The van der Waals surface area contributed by atoms with Gasteiger partial charge in [0, 0.05) is 5.75 Å². The maximum absolute atomic E-state index is 9.04. The van der Waals surface area contributed by atoms with Gasteiger partial charge in [0.15, 0.2) is 0 Å². The topological polar surface area (TPSA) is 33.0 Å². The van der Waals surface area contributed by atoms with Gasteiger partial charge in [0.2, 0.25) is 0 Å². The second-order valence-corrected chi connectivity index (χ2v) is 5.02. The van der Waals surface area contributed by atoms with Crippen LogP contribution >= 0.6 is 11.8 Å². The monoisotopic (exact) mass is 235 g/mol. The summed E-state index contributed by atoms with van der Waals surface area (Å²) in [4.78, 5) is 0. The Morgan fingerprint density at radius 2 is 2.19 bits per heavy atom. The molecule has 0 saturated carbocycles. The lowest BCUT2D eigenvalue weighted by Crippen LogP contribution is -2.06. The Bertz CT molecular complexity index is 382. The van der Waals surface area contributed by atoms with Gasteiger partial charge in [-0.15, -0.1) is 0 Å². The summed E-state index contributed by atoms with van der Waals surface area (Å²) < 4.78 is 5.57. The summed E-state index contributed by atoms with van der Waals surface area (Å²) in [6, 6.07) is 8.02. The number of rotatable bonds is 5. The van der Waals surface area contributed by atoms with Crippen molar-refractivity contribution in [3.63, 3.8) is 0 Å². The molecule has 0 atom stereocenters. The maximum Gasteiger partial charge on any atom is 0.137 e. The molecule has 0 saturated heterocycles. The molecule has 0 spiro atoms. The molecule has 0 heterocycles. The van der Waals surface area contributed by atoms with E-state index in [2.05, 4.69) is 13.0 Å². The van der Waals surface area contributed by atoms with E-state index in [4.69, 9.17) is 10.00 Å². The molecule has 0 aliphatic rings. The van der Waals surface area contributed by atoms with Crippen LogP contribution in [-0.2, 0) is 5.75 Å². The minimum Gasteiger partial charge on any atom is -0.490 e. The molecule has 0 bridgehead atoms. The highest BCUT2D eigenvalue weighted by atomic mass is 32.2. The standard InChI is InChI=1S/C13H17NOS/c1-4-16-9-11-5-6-13(15-10(2)3)12(7-11)8-14/h5-7,10H,4,9H2,1-3H3. The van der Waals surface area contributed by atoms with E-state index in [-0.39, 0.29) is 6.10 Å². The number of nitrogens with zero attached hydrogens (tertiary/aromatic N) is 1. The highest BCUT2D eigenvalue weighted by molar-refractivity contribution is 7.98. The second kappa shape index (κ2) is 6.44. The van der Waals surface area contributed by atoms with Gasteiger partial charge in [-0.25, -0.2) is 0 Å². The van der Waals surface area contributed by atoms with Crippen LogP contribution in [0.4, 0.5) is 0 Å². The SMILES string of the molecule is CCSCc1ccc(OC(C)C)c(C#N)c1. The maximum atomic E-state index is 9.04. The van der Waals surface area contributed by atoms with E-state index in [1.807, 2.05) is 43.8 Å². The van der Waals surface area contributed by atoms with Crippen LogP contribution in [0, 0.1) is 11.3 Å². The number of hydrogen-bond donors (Lipinski definition) is 0. The van der Waals surface area contributed by atoms with Crippen molar-refractivity contribution in [2.24, 2.45) is 0 Å². The number of benzene rings is 1. The Balaban J connectivity index is 2.85. The Labute approximate surface area is 102 Å². The van der Waals surface area contributed by atoms with E-state index >= 15 is 0 Å². The molecule has 0 radical (unpaired) electrons. The molecule has 2 nitrogen and oxygen atoms in total. The molecule has 86 valence electrons. The molecule has 0 aliphatic carbocycles. The first kappa shape index (κ1) is 12.9. The summed E-state index contributed by atoms with van der Waals surface area (Å²) >= 11 is 1.85. The third kappa shape index (κ3) is 3.79. The van der Waals surface area contributed by atoms with Gasteiger partial charge >= 0.3 is 0 Å². The van der Waals surface area contributed by atoms with Crippen LogP contribution in [0.15, 0.2) is 18.2 Å². The molecular weight excluding hydrogens is 218 g/mol. The fourth-order valence-corrected chi connectivity index (χ4v) is 1.95. The fraction of sp³-hybridized carbons (Fsp3) is 0.462. The smallest absolute Gasteiger partial charge is 0.137 e. The first-order chi connectivity index (χ1) is 7.67. The highest BCUT2D eigenvalue weighted by Gasteiger charge is 2.06. The molecule has 0 N–H and O–H groups in total. The Hall–Kier alpha value is -1.14. The summed E-state index contributed by atoms with van der Waals surface area (Å²) in [6.45, 7) is 6.05. The minimum atomic E-state index is 0.1000. The summed E-state index contributed by atoms with van der Waals surface area (Å²) in [5.74, 6) is 2.72. The molecular formula is C13H17NOS. The zero-order valence-electron chi connectivity index (χ0n) is 9.99. The summed E-state index contributed by atoms with van der Waals surface area (Å²) in [5.41, 5.74) is 1.81. The molecule has 0 aromatic heterocycles. The van der Waals surface area contributed by atoms with E-state index in [1.54, 1.807) is 0 Å². The van der Waals surface area contributed by atoms with E-state index < -0.39 is 0 Å². The molecule has 0 aliphatic heterocycles. The lowest BCUT2D eigenvalue weighted by atomic mass is 10.1. The Morgan fingerprint density at radius 3 is 2.75 bits per heavy atom. The first-order valence-corrected chi connectivity index (χ1v) is 6.60. The van der Waals surface area contributed by atoms with E-state index in [1.165, 1.54) is 5.56 Å². The second-order valence-electron chi connectivity index (χ2n) is 3.75. The van der Waals surface area contributed by atoms with Gasteiger partial charge in [0.05, 0.1) is 11.7 Å². The van der Waals surface area contributed by atoms with E-state index in [0.717, 1.165) is 11.5 Å². The first-order valence-electron chi connectivity index (χ1n) is 5.44. The zero-order chi connectivity index (χ0) is 12.0. The number of thioether (sulfide) groups is 1. The normalized spacial score (nSPS) is 10.2. The largest absolute Gasteiger partial charge is 0.490 e. The van der Waals surface area contributed by atoms with Crippen LogP contribution < -0.4 is 4.74 Å². The van der Waals surface area contributed by atoms with Crippen molar-refractivity contribution in [2.45, 2.75) is 32.6 Å². The Kier molecular flexibility index (Phi) is 5.21. The van der Waals surface area contributed by atoms with Gasteiger partial charge in [-0.2, -0.15) is 17.0 Å². The fourth-order valence-electron chi connectivity index (χ4n) is 1.33. The minimum absolute atomic E-state index is 0.1000. The predicted molar refractivity (Wildman–Crippen MR) is 68.8 cm³/mol. The summed E-state index contributed by atoms with van der Waals surface area (Å²) in [6.07, 6.45) is 0.1000.